The topological polar surface area (TPSA) is 49.8 Å². The number of piperidine rings is 1. The van der Waals surface area contributed by atoms with Gasteiger partial charge in [0.15, 0.2) is 0 Å². The van der Waals surface area contributed by atoms with E-state index in [9.17, 15) is 0 Å². The Labute approximate surface area is 144 Å². The lowest BCUT2D eigenvalue weighted by atomic mass is 9.52. The van der Waals surface area contributed by atoms with Crippen LogP contribution < -0.4 is 4.74 Å². The van der Waals surface area contributed by atoms with Crippen molar-refractivity contribution in [2.24, 2.45) is 5.92 Å². The van der Waals surface area contributed by atoms with Crippen LogP contribution in [0.2, 0.25) is 0 Å². The van der Waals surface area contributed by atoms with Crippen molar-refractivity contribution in [3.05, 3.63) is 29.3 Å². The molecule has 4 heteroatoms. The number of methoxy groups -OCH3 is 1. The van der Waals surface area contributed by atoms with Crippen molar-refractivity contribution < 1.29 is 14.6 Å². The molecule has 2 bridgehead atoms. The van der Waals surface area contributed by atoms with Gasteiger partial charge in [-0.3, -0.25) is 4.79 Å². The maximum atomic E-state index is 9.00. The van der Waals surface area contributed by atoms with Crippen molar-refractivity contribution in [3.63, 3.8) is 0 Å². The van der Waals surface area contributed by atoms with Crippen LogP contribution in [0, 0.1) is 5.92 Å². The maximum Gasteiger partial charge on any atom is 0.300 e. The predicted octanol–water partition coefficient (Wildman–Crippen LogP) is 3.47. The van der Waals surface area contributed by atoms with Gasteiger partial charge in [-0.1, -0.05) is 18.9 Å². The Balaban J connectivity index is 0.000000383. The molecule has 0 amide bonds. The van der Waals surface area contributed by atoms with Crippen molar-refractivity contribution in [3.8, 4) is 5.75 Å². The van der Waals surface area contributed by atoms with E-state index >= 15 is 0 Å². The largest absolute Gasteiger partial charge is 0.497 e. The molecule has 2 aliphatic carbocycles. The number of likely N-dealkylation sites (tertiary alicyclic amines) is 1. The molecule has 1 saturated heterocycles. The molecule has 3 atom stereocenters. The summed E-state index contributed by atoms with van der Waals surface area (Å²) in [5, 5.41) is 7.42. The molecule has 0 unspecified atom stereocenters. The van der Waals surface area contributed by atoms with Crippen LogP contribution in [0.5, 0.6) is 5.75 Å². The van der Waals surface area contributed by atoms with Crippen molar-refractivity contribution >= 4 is 5.97 Å². The zero-order chi connectivity index (χ0) is 17.3. The van der Waals surface area contributed by atoms with E-state index in [1.807, 2.05) is 0 Å². The monoisotopic (exact) mass is 331 g/mol. The summed E-state index contributed by atoms with van der Waals surface area (Å²) in [6.07, 6.45) is 8.22. The molecule has 1 aromatic rings. The lowest BCUT2D eigenvalue weighted by Gasteiger charge is -2.58. The molecule has 2 fully saturated rings. The van der Waals surface area contributed by atoms with E-state index in [2.05, 4.69) is 30.1 Å². The molecule has 0 spiro atoms. The van der Waals surface area contributed by atoms with Crippen molar-refractivity contribution in [2.45, 2.75) is 56.9 Å². The Morgan fingerprint density at radius 1 is 1.33 bits per heavy atom. The van der Waals surface area contributed by atoms with Gasteiger partial charge in [0.05, 0.1) is 7.11 Å². The van der Waals surface area contributed by atoms with Crippen LogP contribution in [-0.2, 0) is 16.6 Å². The fourth-order valence-electron chi connectivity index (χ4n) is 5.30. The zero-order valence-corrected chi connectivity index (χ0v) is 15.0. The van der Waals surface area contributed by atoms with Gasteiger partial charge in [-0.2, -0.15) is 0 Å². The Morgan fingerprint density at radius 3 is 2.79 bits per heavy atom. The minimum atomic E-state index is -0.833. The third kappa shape index (κ3) is 2.92. The number of benzene rings is 1. The SMILES string of the molecule is CC(=O)O.COc1ccc2c(c1)[C@]13CCCC[C@@H]1[C@H](C2)N(C)CC3. The Kier molecular flexibility index (Phi) is 4.86. The van der Waals surface area contributed by atoms with Gasteiger partial charge in [-0.05, 0) is 68.5 Å². The summed E-state index contributed by atoms with van der Waals surface area (Å²) in [5.74, 6) is 1.08. The van der Waals surface area contributed by atoms with Crippen LogP contribution in [0.3, 0.4) is 0 Å². The summed E-state index contributed by atoms with van der Waals surface area (Å²) >= 11 is 0. The molecule has 24 heavy (non-hydrogen) atoms. The molecular weight excluding hydrogens is 302 g/mol. The smallest absolute Gasteiger partial charge is 0.300 e. The van der Waals surface area contributed by atoms with Crippen LogP contribution in [-0.4, -0.2) is 42.7 Å². The van der Waals surface area contributed by atoms with Crippen LogP contribution in [0.15, 0.2) is 18.2 Å². The maximum absolute atomic E-state index is 9.00. The molecule has 4 nitrogen and oxygen atoms in total. The number of nitrogens with zero attached hydrogens (tertiary/aromatic N) is 1. The van der Waals surface area contributed by atoms with E-state index in [-0.39, 0.29) is 0 Å². The second-order valence-corrected chi connectivity index (χ2v) is 7.55. The highest BCUT2D eigenvalue weighted by molar-refractivity contribution is 5.62. The van der Waals surface area contributed by atoms with Crippen molar-refractivity contribution in [2.75, 3.05) is 20.7 Å². The van der Waals surface area contributed by atoms with Crippen LogP contribution in [0.1, 0.15) is 50.2 Å². The minimum absolute atomic E-state index is 0.456. The van der Waals surface area contributed by atoms with Gasteiger partial charge in [0.1, 0.15) is 5.75 Å². The van der Waals surface area contributed by atoms with Crippen LogP contribution >= 0.6 is 0 Å². The molecule has 4 rings (SSSR count). The number of hydrogen-bond donors (Lipinski definition) is 1. The van der Waals surface area contributed by atoms with Gasteiger partial charge in [0, 0.05) is 18.4 Å². The van der Waals surface area contributed by atoms with E-state index in [4.69, 9.17) is 14.6 Å². The highest BCUT2D eigenvalue weighted by atomic mass is 16.5. The first kappa shape index (κ1) is 17.3. The number of hydrogen-bond acceptors (Lipinski definition) is 3. The average molecular weight is 331 g/mol. The second-order valence-electron chi connectivity index (χ2n) is 7.55. The summed E-state index contributed by atoms with van der Waals surface area (Å²) in [6.45, 7) is 2.35. The Bertz CT molecular complexity index is 611. The quantitative estimate of drug-likeness (QED) is 0.856. The highest BCUT2D eigenvalue weighted by Crippen LogP contribution is 2.55. The number of carboxylic acid groups (broad SMARTS) is 1. The first-order valence-electron chi connectivity index (χ1n) is 9.05. The number of likely N-dealkylation sites (N-methyl/N-ethyl adjacent to an activating group) is 1. The van der Waals surface area contributed by atoms with Gasteiger partial charge >= 0.3 is 0 Å². The molecule has 1 aliphatic heterocycles. The van der Waals surface area contributed by atoms with Gasteiger partial charge in [0.2, 0.25) is 0 Å². The summed E-state index contributed by atoms with van der Waals surface area (Å²) in [4.78, 5) is 11.6. The van der Waals surface area contributed by atoms with E-state index < -0.39 is 5.97 Å². The standard InChI is InChI=1S/C18H25NO.C2H4O2/c1-19-10-9-18-8-4-3-5-15(18)17(19)11-13-6-7-14(20-2)12-16(13)18;1-2(3)4/h6-7,12,15,17H,3-5,8-11H2,1-2H3;1H3,(H,3,4)/t15-,17+,18+;/m1./s1. The normalized spacial score (nSPS) is 31.1. The number of fused-ring (bicyclic) bond motifs is 1. The fraction of sp³-hybridized carbons (Fsp3) is 0.650. The van der Waals surface area contributed by atoms with Crippen LogP contribution in [0.4, 0.5) is 0 Å². The summed E-state index contributed by atoms with van der Waals surface area (Å²) in [6, 6.07) is 7.60. The molecule has 1 heterocycles. The third-order valence-corrected chi connectivity index (χ3v) is 6.32. The minimum Gasteiger partial charge on any atom is -0.497 e. The van der Waals surface area contributed by atoms with E-state index in [0.29, 0.717) is 5.41 Å². The molecule has 1 N–H and O–H groups in total. The first-order valence-corrected chi connectivity index (χ1v) is 9.05. The number of rotatable bonds is 1. The third-order valence-electron chi connectivity index (χ3n) is 6.32. The number of aliphatic carboxylic acids is 1. The first-order chi connectivity index (χ1) is 11.5. The number of carbonyl (C=O) groups is 1. The van der Waals surface area contributed by atoms with Crippen molar-refractivity contribution in [1.29, 1.82) is 0 Å². The van der Waals surface area contributed by atoms with Crippen molar-refractivity contribution in [1.82, 2.24) is 4.90 Å². The fourth-order valence-corrected chi connectivity index (χ4v) is 5.30. The van der Waals surface area contributed by atoms with Gasteiger partial charge in [0.25, 0.3) is 5.97 Å². The Morgan fingerprint density at radius 2 is 2.08 bits per heavy atom. The predicted molar refractivity (Wildman–Crippen MR) is 94.7 cm³/mol. The summed E-state index contributed by atoms with van der Waals surface area (Å²) in [5.41, 5.74) is 3.67. The van der Waals surface area contributed by atoms with Gasteiger partial charge in [-0.25, -0.2) is 0 Å². The lowest BCUT2D eigenvalue weighted by Crippen LogP contribution is -2.59. The molecule has 0 aromatic heterocycles. The van der Waals surface area contributed by atoms with Gasteiger partial charge < -0.3 is 14.7 Å². The summed E-state index contributed by atoms with van der Waals surface area (Å²) < 4.78 is 5.51. The van der Waals surface area contributed by atoms with Crippen LogP contribution in [0.25, 0.3) is 0 Å². The molecule has 132 valence electrons. The number of carboxylic acids is 1. The molecule has 3 aliphatic rings. The van der Waals surface area contributed by atoms with E-state index in [0.717, 1.165) is 24.6 Å². The highest BCUT2D eigenvalue weighted by Gasteiger charge is 2.53. The summed E-state index contributed by atoms with van der Waals surface area (Å²) in [7, 11) is 4.12. The van der Waals surface area contributed by atoms with Gasteiger partial charge in [-0.15, -0.1) is 0 Å². The molecule has 1 aromatic carbocycles. The van der Waals surface area contributed by atoms with E-state index in [1.165, 1.54) is 45.1 Å². The molecule has 0 radical (unpaired) electrons. The Hall–Kier alpha value is -1.55. The zero-order valence-electron chi connectivity index (χ0n) is 15.0. The second kappa shape index (κ2) is 6.75. The lowest BCUT2D eigenvalue weighted by molar-refractivity contribution is -0.134. The molecular formula is C20H29NO3. The van der Waals surface area contributed by atoms with E-state index in [1.54, 1.807) is 18.2 Å². The number of ether oxygens (including phenoxy) is 1. The average Bonchev–Trinajstić information content (AvgIpc) is 2.57. The molecule has 1 saturated carbocycles.